The average Bonchev–Trinajstić information content (AvgIpc) is 2.46. The molecule has 0 radical (unpaired) electrons. The summed E-state index contributed by atoms with van der Waals surface area (Å²) in [5.41, 5.74) is 0.781. The van der Waals surface area contributed by atoms with Crippen LogP contribution in [-0.2, 0) is 0 Å². The molecule has 112 valence electrons. The van der Waals surface area contributed by atoms with Crippen LogP contribution in [0.15, 0.2) is 22.7 Å². The van der Waals surface area contributed by atoms with E-state index in [1.807, 2.05) is 18.2 Å². The van der Waals surface area contributed by atoms with Crippen molar-refractivity contribution < 1.29 is 9.53 Å². The van der Waals surface area contributed by atoms with Gasteiger partial charge in [0.1, 0.15) is 5.75 Å². The predicted molar refractivity (Wildman–Crippen MR) is 87.6 cm³/mol. The Labute approximate surface area is 131 Å². The first-order valence-corrected chi connectivity index (χ1v) is 8.39. The van der Waals surface area contributed by atoms with Gasteiger partial charge in [0.2, 0.25) is 0 Å². The highest BCUT2D eigenvalue weighted by Gasteiger charge is 2.18. The number of halogens is 1. The molecule has 0 spiro atoms. The lowest BCUT2D eigenvalue weighted by molar-refractivity contribution is 0.0908. The highest BCUT2D eigenvalue weighted by molar-refractivity contribution is 9.10. The molecule has 1 unspecified atom stereocenters. The van der Waals surface area contributed by atoms with Gasteiger partial charge in [-0.15, -0.1) is 0 Å². The second kappa shape index (κ2) is 9.17. The largest absolute Gasteiger partial charge is 0.492 e. The van der Waals surface area contributed by atoms with Gasteiger partial charge < -0.3 is 4.74 Å². The average molecular weight is 341 g/mol. The minimum atomic E-state index is 0.143. The molecule has 0 aromatic heterocycles. The summed E-state index contributed by atoms with van der Waals surface area (Å²) in [4.78, 5) is 12.5. The first-order valence-electron chi connectivity index (χ1n) is 7.60. The van der Waals surface area contributed by atoms with Crippen LogP contribution in [0.5, 0.6) is 5.75 Å². The van der Waals surface area contributed by atoms with E-state index in [-0.39, 0.29) is 11.7 Å². The monoisotopic (exact) mass is 340 g/mol. The molecule has 0 N–H and O–H groups in total. The number of unbranched alkanes of at least 4 members (excludes halogenated alkanes) is 1. The Kier molecular flexibility index (Phi) is 7.90. The van der Waals surface area contributed by atoms with Gasteiger partial charge in [0.05, 0.1) is 11.1 Å². The maximum absolute atomic E-state index is 12.5. The van der Waals surface area contributed by atoms with Gasteiger partial charge in [-0.3, -0.25) is 4.79 Å². The molecule has 1 aromatic carbocycles. The van der Waals surface area contributed by atoms with E-state index in [9.17, 15) is 4.79 Å². The Balaban J connectivity index is 2.79. The van der Waals surface area contributed by atoms with Crippen molar-refractivity contribution in [1.29, 1.82) is 0 Å². The third-order valence-corrected chi connectivity index (χ3v) is 4.07. The molecule has 0 aliphatic carbocycles. The van der Waals surface area contributed by atoms with Gasteiger partial charge in [0, 0.05) is 11.5 Å². The second-order valence-electron chi connectivity index (χ2n) is 5.11. The normalized spacial score (nSPS) is 12.2. The fourth-order valence-corrected chi connectivity index (χ4v) is 2.68. The molecule has 0 heterocycles. The zero-order valence-electron chi connectivity index (χ0n) is 12.7. The summed E-state index contributed by atoms with van der Waals surface area (Å²) in [5, 5.41) is 0. The van der Waals surface area contributed by atoms with E-state index >= 15 is 0 Å². The van der Waals surface area contributed by atoms with Crippen molar-refractivity contribution >= 4 is 21.7 Å². The Morgan fingerprint density at radius 3 is 2.55 bits per heavy atom. The van der Waals surface area contributed by atoms with Crippen molar-refractivity contribution in [3.05, 3.63) is 28.2 Å². The van der Waals surface area contributed by atoms with E-state index in [0.717, 1.165) is 47.9 Å². The van der Waals surface area contributed by atoms with E-state index in [1.165, 1.54) is 0 Å². The summed E-state index contributed by atoms with van der Waals surface area (Å²) in [7, 11) is 0. The van der Waals surface area contributed by atoms with E-state index in [4.69, 9.17) is 4.74 Å². The van der Waals surface area contributed by atoms with Crippen molar-refractivity contribution in [2.24, 2.45) is 5.92 Å². The number of rotatable bonds is 9. The number of benzene rings is 1. The SMILES string of the molecule is CCCCC(CC)C(=O)c1ccc(OCCC)c(Br)c1. The van der Waals surface area contributed by atoms with Gasteiger partial charge in [-0.1, -0.05) is 33.6 Å². The maximum atomic E-state index is 12.5. The summed E-state index contributed by atoms with van der Waals surface area (Å²) in [6.07, 6.45) is 5.12. The van der Waals surface area contributed by atoms with Gasteiger partial charge in [-0.25, -0.2) is 0 Å². The molecule has 1 atom stereocenters. The fourth-order valence-electron chi connectivity index (χ4n) is 2.19. The lowest BCUT2D eigenvalue weighted by Crippen LogP contribution is -2.14. The van der Waals surface area contributed by atoms with Crippen molar-refractivity contribution in [2.45, 2.75) is 52.9 Å². The third kappa shape index (κ3) is 4.93. The lowest BCUT2D eigenvalue weighted by atomic mass is 9.90. The molecule has 0 fully saturated rings. The van der Waals surface area contributed by atoms with Crippen LogP contribution in [0.1, 0.15) is 63.2 Å². The number of hydrogen-bond donors (Lipinski definition) is 0. The number of carbonyl (C=O) groups is 1. The second-order valence-corrected chi connectivity index (χ2v) is 5.96. The first-order chi connectivity index (χ1) is 9.63. The fraction of sp³-hybridized carbons (Fsp3) is 0.588. The van der Waals surface area contributed by atoms with Crippen LogP contribution in [0, 0.1) is 5.92 Å². The Morgan fingerprint density at radius 1 is 1.25 bits per heavy atom. The maximum Gasteiger partial charge on any atom is 0.165 e. The van der Waals surface area contributed by atoms with Crippen molar-refractivity contribution in [1.82, 2.24) is 0 Å². The highest BCUT2D eigenvalue weighted by Crippen LogP contribution is 2.28. The van der Waals surface area contributed by atoms with Gasteiger partial charge >= 0.3 is 0 Å². The molecule has 3 heteroatoms. The number of carbonyl (C=O) groups excluding carboxylic acids is 1. The molecule has 1 aromatic rings. The molecule has 0 saturated heterocycles. The van der Waals surface area contributed by atoms with Crippen LogP contribution < -0.4 is 4.74 Å². The number of ether oxygens (including phenoxy) is 1. The van der Waals surface area contributed by atoms with Crippen LogP contribution in [0.25, 0.3) is 0 Å². The lowest BCUT2D eigenvalue weighted by Gasteiger charge is -2.14. The predicted octanol–water partition coefficient (Wildman–Crippen LogP) is 5.64. The molecular weight excluding hydrogens is 316 g/mol. The van der Waals surface area contributed by atoms with Crippen LogP contribution in [-0.4, -0.2) is 12.4 Å². The Hall–Kier alpha value is -0.830. The summed E-state index contributed by atoms with van der Waals surface area (Å²) < 4.78 is 6.48. The highest BCUT2D eigenvalue weighted by atomic mass is 79.9. The van der Waals surface area contributed by atoms with E-state index in [2.05, 4.69) is 36.7 Å². The molecule has 0 amide bonds. The van der Waals surface area contributed by atoms with Gasteiger partial charge in [-0.2, -0.15) is 0 Å². The molecule has 0 saturated carbocycles. The molecule has 0 bridgehead atoms. The number of ketones is 1. The number of Topliss-reactive ketones (excluding diaryl/α,β-unsaturated/α-hetero) is 1. The molecular formula is C17H25BrO2. The zero-order chi connectivity index (χ0) is 15.0. The Morgan fingerprint density at radius 2 is 2.00 bits per heavy atom. The summed E-state index contributed by atoms with van der Waals surface area (Å²) in [6.45, 7) is 7.02. The van der Waals surface area contributed by atoms with Crippen molar-refractivity contribution in [2.75, 3.05) is 6.61 Å². The molecule has 1 rings (SSSR count). The van der Waals surface area contributed by atoms with Gasteiger partial charge in [0.15, 0.2) is 5.78 Å². The molecule has 0 aliphatic rings. The van der Waals surface area contributed by atoms with E-state index in [0.29, 0.717) is 6.61 Å². The third-order valence-electron chi connectivity index (χ3n) is 3.45. The molecule has 20 heavy (non-hydrogen) atoms. The quantitative estimate of drug-likeness (QED) is 0.544. The van der Waals surface area contributed by atoms with E-state index < -0.39 is 0 Å². The summed E-state index contributed by atoms with van der Waals surface area (Å²) >= 11 is 3.49. The first kappa shape index (κ1) is 17.2. The van der Waals surface area contributed by atoms with Gasteiger partial charge in [0.25, 0.3) is 0 Å². The van der Waals surface area contributed by atoms with Crippen molar-refractivity contribution in [3.63, 3.8) is 0 Å². The standard InChI is InChI=1S/C17H25BrO2/c1-4-7-8-13(6-3)17(19)14-9-10-16(15(18)12-14)20-11-5-2/h9-10,12-13H,4-8,11H2,1-3H3. The van der Waals surface area contributed by atoms with Crippen molar-refractivity contribution in [3.8, 4) is 5.75 Å². The number of hydrogen-bond acceptors (Lipinski definition) is 2. The van der Waals surface area contributed by atoms with E-state index in [1.54, 1.807) is 0 Å². The minimum Gasteiger partial charge on any atom is -0.492 e. The van der Waals surface area contributed by atoms with Gasteiger partial charge in [-0.05, 0) is 53.4 Å². The minimum absolute atomic E-state index is 0.143. The van der Waals surface area contributed by atoms with Crippen LogP contribution in [0.3, 0.4) is 0 Å². The summed E-state index contributed by atoms with van der Waals surface area (Å²) in [6, 6.07) is 5.66. The van der Waals surface area contributed by atoms with Crippen LogP contribution >= 0.6 is 15.9 Å². The summed E-state index contributed by atoms with van der Waals surface area (Å²) in [5.74, 6) is 1.21. The van der Waals surface area contributed by atoms with Crippen LogP contribution in [0.2, 0.25) is 0 Å². The Bertz CT molecular complexity index is 429. The molecule has 0 aliphatic heterocycles. The zero-order valence-corrected chi connectivity index (χ0v) is 14.3. The topological polar surface area (TPSA) is 26.3 Å². The smallest absolute Gasteiger partial charge is 0.165 e. The molecule has 2 nitrogen and oxygen atoms in total. The van der Waals surface area contributed by atoms with Crippen LogP contribution in [0.4, 0.5) is 0 Å².